The Balaban J connectivity index is 2.78. The second-order valence-corrected chi connectivity index (χ2v) is 3.86. The van der Waals surface area contributed by atoms with Gasteiger partial charge in [0, 0.05) is 6.42 Å². The molecule has 3 nitrogen and oxygen atoms in total. The van der Waals surface area contributed by atoms with Crippen LogP contribution in [0.3, 0.4) is 0 Å². The lowest BCUT2D eigenvalue weighted by Gasteiger charge is -2.09. The molecular weight excluding hydrogens is 204 g/mol. The number of carboxylic acids is 1. The number of benzene rings is 1. The van der Waals surface area contributed by atoms with Crippen LogP contribution in [0.15, 0.2) is 30.4 Å². The molecule has 0 unspecified atom stereocenters. The van der Waals surface area contributed by atoms with Crippen LogP contribution in [0.5, 0.6) is 5.75 Å². The molecule has 16 heavy (non-hydrogen) atoms. The summed E-state index contributed by atoms with van der Waals surface area (Å²) in [5, 5.41) is 9.00. The summed E-state index contributed by atoms with van der Waals surface area (Å²) in [4.78, 5) is 11.0. The van der Waals surface area contributed by atoms with Gasteiger partial charge in [-0.05, 0) is 26.0 Å². The van der Waals surface area contributed by atoms with Gasteiger partial charge in [0.15, 0.2) is 0 Å². The van der Waals surface area contributed by atoms with Gasteiger partial charge >= 0.3 is 5.97 Å². The number of hydrogen-bond donors (Lipinski definition) is 1. The Morgan fingerprint density at radius 1 is 1.50 bits per heavy atom. The van der Waals surface area contributed by atoms with E-state index in [0.717, 1.165) is 17.6 Å². The fourth-order valence-electron chi connectivity index (χ4n) is 1.27. The number of aryl methyl sites for hydroxylation is 1. The number of hydrogen-bond acceptors (Lipinski definition) is 2. The smallest absolute Gasteiger partial charge is 0.339 e. The van der Waals surface area contributed by atoms with Crippen LogP contribution in [0.1, 0.15) is 29.3 Å². The first-order valence-corrected chi connectivity index (χ1v) is 5.12. The molecule has 0 atom stereocenters. The van der Waals surface area contributed by atoms with Crippen LogP contribution in [-0.2, 0) is 0 Å². The standard InChI is InChI=1S/C13H16O3/c1-9(2)6-7-16-12-5-4-10(3)8-11(12)13(14)15/h4-5,8H,1,6-7H2,2-3H3,(H,14,15). The molecular formula is C13H16O3. The van der Waals surface area contributed by atoms with Crippen LogP contribution in [0.2, 0.25) is 0 Å². The Bertz CT molecular complexity index is 408. The third kappa shape index (κ3) is 3.42. The summed E-state index contributed by atoms with van der Waals surface area (Å²) in [6.07, 6.45) is 0.729. The first-order valence-electron chi connectivity index (χ1n) is 5.12. The average Bonchev–Trinajstić information content (AvgIpc) is 2.19. The van der Waals surface area contributed by atoms with Crippen LogP contribution in [0, 0.1) is 6.92 Å². The minimum Gasteiger partial charge on any atom is -0.492 e. The molecule has 0 radical (unpaired) electrons. The Morgan fingerprint density at radius 3 is 2.75 bits per heavy atom. The quantitative estimate of drug-likeness (QED) is 0.776. The number of carboxylic acid groups (broad SMARTS) is 1. The summed E-state index contributed by atoms with van der Waals surface area (Å²) in [5.41, 5.74) is 2.13. The monoisotopic (exact) mass is 220 g/mol. The fourth-order valence-corrected chi connectivity index (χ4v) is 1.27. The topological polar surface area (TPSA) is 46.5 Å². The van der Waals surface area contributed by atoms with Crippen molar-refractivity contribution in [2.24, 2.45) is 0 Å². The van der Waals surface area contributed by atoms with Crippen molar-refractivity contribution >= 4 is 5.97 Å². The van der Waals surface area contributed by atoms with E-state index < -0.39 is 5.97 Å². The highest BCUT2D eigenvalue weighted by Crippen LogP contribution is 2.20. The van der Waals surface area contributed by atoms with Gasteiger partial charge in [0.2, 0.25) is 0 Å². The van der Waals surface area contributed by atoms with E-state index in [4.69, 9.17) is 9.84 Å². The highest BCUT2D eigenvalue weighted by Gasteiger charge is 2.10. The van der Waals surface area contributed by atoms with Crippen molar-refractivity contribution < 1.29 is 14.6 Å². The van der Waals surface area contributed by atoms with E-state index in [9.17, 15) is 4.79 Å². The summed E-state index contributed by atoms with van der Waals surface area (Å²) in [6.45, 7) is 7.98. The van der Waals surface area contributed by atoms with Crippen LogP contribution in [-0.4, -0.2) is 17.7 Å². The van der Waals surface area contributed by atoms with Gasteiger partial charge in [-0.2, -0.15) is 0 Å². The molecule has 0 amide bonds. The molecule has 0 heterocycles. The Labute approximate surface area is 95.4 Å². The van der Waals surface area contributed by atoms with Gasteiger partial charge < -0.3 is 9.84 Å². The first-order chi connectivity index (χ1) is 7.50. The van der Waals surface area contributed by atoms with Gasteiger partial charge in [-0.25, -0.2) is 4.79 Å². The van der Waals surface area contributed by atoms with E-state index in [2.05, 4.69) is 6.58 Å². The van der Waals surface area contributed by atoms with Gasteiger partial charge in [0.05, 0.1) is 6.61 Å². The van der Waals surface area contributed by atoms with Crippen molar-refractivity contribution in [3.05, 3.63) is 41.5 Å². The molecule has 0 spiro atoms. The lowest BCUT2D eigenvalue weighted by Crippen LogP contribution is -2.05. The second-order valence-electron chi connectivity index (χ2n) is 3.86. The molecule has 0 saturated heterocycles. The minimum absolute atomic E-state index is 0.210. The highest BCUT2D eigenvalue weighted by molar-refractivity contribution is 5.91. The predicted octanol–water partition coefficient (Wildman–Crippen LogP) is 3.04. The molecule has 0 aromatic heterocycles. The van der Waals surface area contributed by atoms with Crippen LogP contribution < -0.4 is 4.74 Å². The van der Waals surface area contributed by atoms with Crippen molar-refractivity contribution in [2.75, 3.05) is 6.61 Å². The molecule has 1 rings (SSSR count). The maximum absolute atomic E-state index is 11.0. The summed E-state index contributed by atoms with van der Waals surface area (Å²) >= 11 is 0. The maximum Gasteiger partial charge on any atom is 0.339 e. The van der Waals surface area contributed by atoms with Gasteiger partial charge in [0.25, 0.3) is 0 Å². The fraction of sp³-hybridized carbons (Fsp3) is 0.308. The lowest BCUT2D eigenvalue weighted by atomic mass is 10.1. The van der Waals surface area contributed by atoms with Gasteiger partial charge in [-0.1, -0.05) is 17.2 Å². The molecule has 3 heteroatoms. The van der Waals surface area contributed by atoms with E-state index in [-0.39, 0.29) is 5.56 Å². The van der Waals surface area contributed by atoms with Crippen LogP contribution >= 0.6 is 0 Å². The van der Waals surface area contributed by atoms with Gasteiger partial charge in [-0.15, -0.1) is 6.58 Å². The molecule has 1 N–H and O–H groups in total. The van der Waals surface area contributed by atoms with Crippen molar-refractivity contribution in [3.8, 4) is 5.75 Å². The SMILES string of the molecule is C=C(C)CCOc1ccc(C)cc1C(=O)O. The normalized spacial score (nSPS) is 9.88. The Kier molecular flexibility index (Phi) is 4.11. The molecule has 1 aromatic rings. The van der Waals surface area contributed by atoms with Crippen molar-refractivity contribution in [2.45, 2.75) is 20.3 Å². The molecule has 1 aromatic carbocycles. The zero-order chi connectivity index (χ0) is 12.1. The van der Waals surface area contributed by atoms with E-state index in [1.165, 1.54) is 0 Å². The number of rotatable bonds is 5. The van der Waals surface area contributed by atoms with E-state index in [1.807, 2.05) is 19.9 Å². The van der Waals surface area contributed by atoms with Crippen LogP contribution in [0.4, 0.5) is 0 Å². The predicted molar refractivity (Wildman–Crippen MR) is 63.1 cm³/mol. The summed E-state index contributed by atoms with van der Waals surface area (Å²) < 4.78 is 5.42. The van der Waals surface area contributed by atoms with Crippen LogP contribution in [0.25, 0.3) is 0 Å². The molecule has 0 saturated carbocycles. The van der Waals surface area contributed by atoms with Crippen molar-refractivity contribution in [1.82, 2.24) is 0 Å². The van der Waals surface area contributed by atoms with Crippen molar-refractivity contribution in [1.29, 1.82) is 0 Å². The minimum atomic E-state index is -0.964. The Morgan fingerprint density at radius 2 is 2.19 bits per heavy atom. The second kappa shape index (κ2) is 5.35. The largest absolute Gasteiger partial charge is 0.492 e. The average molecular weight is 220 g/mol. The van der Waals surface area contributed by atoms with Gasteiger partial charge in [0.1, 0.15) is 11.3 Å². The Hall–Kier alpha value is -1.77. The molecule has 0 bridgehead atoms. The zero-order valence-corrected chi connectivity index (χ0v) is 9.62. The molecule has 86 valence electrons. The zero-order valence-electron chi connectivity index (χ0n) is 9.62. The number of carbonyl (C=O) groups is 1. The third-order valence-corrected chi connectivity index (χ3v) is 2.15. The maximum atomic E-state index is 11.0. The number of aromatic carboxylic acids is 1. The third-order valence-electron chi connectivity index (χ3n) is 2.15. The summed E-state index contributed by atoms with van der Waals surface area (Å²) in [7, 11) is 0. The van der Waals surface area contributed by atoms with Crippen molar-refractivity contribution in [3.63, 3.8) is 0 Å². The highest BCUT2D eigenvalue weighted by atomic mass is 16.5. The van der Waals surface area contributed by atoms with E-state index in [0.29, 0.717) is 12.4 Å². The molecule has 0 fully saturated rings. The van der Waals surface area contributed by atoms with E-state index >= 15 is 0 Å². The summed E-state index contributed by atoms with van der Waals surface area (Å²) in [5.74, 6) is -0.548. The molecule has 0 aliphatic rings. The van der Waals surface area contributed by atoms with E-state index in [1.54, 1.807) is 12.1 Å². The molecule has 0 aliphatic carbocycles. The molecule has 0 aliphatic heterocycles. The first kappa shape index (κ1) is 12.3. The lowest BCUT2D eigenvalue weighted by molar-refractivity contribution is 0.0692. The van der Waals surface area contributed by atoms with Gasteiger partial charge in [-0.3, -0.25) is 0 Å². The summed E-state index contributed by atoms with van der Waals surface area (Å²) in [6, 6.07) is 5.14. The number of ether oxygens (including phenoxy) is 1.